The Balaban J connectivity index is 2.31. The van der Waals surface area contributed by atoms with Crippen molar-refractivity contribution >= 4 is 17.6 Å². The van der Waals surface area contributed by atoms with Crippen LogP contribution in [0.25, 0.3) is 0 Å². The van der Waals surface area contributed by atoms with Gasteiger partial charge in [-0.05, 0) is 47.2 Å². The van der Waals surface area contributed by atoms with Crippen LogP contribution in [0, 0.1) is 11.8 Å². The van der Waals surface area contributed by atoms with Crippen molar-refractivity contribution in [2.24, 2.45) is 11.8 Å². The highest BCUT2D eigenvalue weighted by atomic mass is 28.4. The lowest BCUT2D eigenvalue weighted by Crippen LogP contribution is -2.54. The first-order valence-corrected chi connectivity index (χ1v) is 17.8. The predicted octanol–water partition coefficient (Wildman–Crippen LogP) is 6.88. The van der Waals surface area contributed by atoms with E-state index >= 15 is 0 Å². The van der Waals surface area contributed by atoms with Gasteiger partial charge < -0.3 is 36.0 Å². The van der Waals surface area contributed by atoms with E-state index in [9.17, 15) is 26.3 Å². The molecule has 8 nitrogen and oxygen atoms in total. The van der Waals surface area contributed by atoms with Crippen molar-refractivity contribution in [3.8, 4) is 11.5 Å². The summed E-state index contributed by atoms with van der Waals surface area (Å²) < 4.78 is 131. The second-order valence-electron chi connectivity index (χ2n) is 10.6. The highest BCUT2D eigenvalue weighted by molar-refractivity contribution is 6.61. The molecule has 45 heavy (non-hydrogen) atoms. The highest BCUT2D eigenvalue weighted by Gasteiger charge is 2.72. The number of benzene rings is 2. The van der Waals surface area contributed by atoms with Gasteiger partial charge in [-0.2, -0.15) is 26.3 Å². The van der Waals surface area contributed by atoms with Crippen LogP contribution < -0.4 is 9.47 Å². The molecule has 0 bridgehead atoms. The van der Waals surface area contributed by atoms with Gasteiger partial charge in [0, 0.05) is 54.7 Å². The molecule has 0 spiro atoms. The molecule has 2 atom stereocenters. The molecule has 0 saturated heterocycles. The lowest BCUT2D eigenvalue weighted by atomic mass is 9.73. The lowest BCUT2D eigenvalue weighted by Gasteiger charge is -2.38. The van der Waals surface area contributed by atoms with Crippen LogP contribution in [0.5, 0.6) is 11.5 Å². The van der Waals surface area contributed by atoms with E-state index in [1.807, 2.05) is 13.8 Å². The van der Waals surface area contributed by atoms with Crippen LogP contribution in [-0.4, -0.2) is 85.8 Å². The Hall–Kier alpha value is -2.19. The van der Waals surface area contributed by atoms with Crippen LogP contribution in [0.3, 0.4) is 0 Å². The molecule has 2 aromatic carbocycles. The van der Waals surface area contributed by atoms with Gasteiger partial charge in [0.15, 0.2) is 0 Å². The molecule has 0 radical (unpaired) electrons. The van der Waals surface area contributed by atoms with Crippen molar-refractivity contribution in [2.75, 3.05) is 55.9 Å². The molecule has 2 unspecified atom stereocenters. The number of ether oxygens (including phenoxy) is 2. The Kier molecular flexibility index (Phi) is 13.9. The zero-order valence-corrected chi connectivity index (χ0v) is 28.6. The smallest absolute Gasteiger partial charge is 0.493 e. The number of rotatable bonds is 18. The average molecular weight is 689 g/mol. The molecule has 0 heterocycles. The van der Waals surface area contributed by atoms with Gasteiger partial charge in [0.1, 0.15) is 11.5 Å². The van der Waals surface area contributed by atoms with E-state index in [1.165, 1.54) is 42.7 Å². The fraction of sp³-hybridized carbons (Fsp3) is 0.586. The fourth-order valence-electron chi connectivity index (χ4n) is 5.03. The molecule has 2 aromatic rings. The first kappa shape index (κ1) is 39.0. The van der Waals surface area contributed by atoms with E-state index in [4.69, 9.17) is 36.0 Å². The Morgan fingerprint density at radius 3 is 1.00 bits per heavy atom. The van der Waals surface area contributed by atoms with E-state index in [-0.39, 0.29) is 36.5 Å². The van der Waals surface area contributed by atoms with E-state index in [0.29, 0.717) is 12.1 Å². The highest BCUT2D eigenvalue weighted by Crippen LogP contribution is 2.56. The Morgan fingerprint density at radius 2 is 0.778 bits per heavy atom. The van der Waals surface area contributed by atoms with Gasteiger partial charge in [-0.3, -0.25) is 0 Å². The Morgan fingerprint density at radius 1 is 0.511 bits per heavy atom. The molecule has 0 aliphatic rings. The van der Waals surface area contributed by atoms with E-state index in [0.717, 1.165) is 48.5 Å². The van der Waals surface area contributed by atoms with E-state index in [1.54, 1.807) is 0 Å². The van der Waals surface area contributed by atoms with Gasteiger partial charge in [-0.15, -0.1) is 0 Å². The van der Waals surface area contributed by atoms with Crippen LogP contribution >= 0.6 is 0 Å². The summed E-state index contributed by atoms with van der Waals surface area (Å²) in [5, 5.41) is 0. The van der Waals surface area contributed by atoms with Crippen molar-refractivity contribution < 1.29 is 62.4 Å². The van der Waals surface area contributed by atoms with Gasteiger partial charge in [0.05, 0.1) is 13.2 Å². The van der Waals surface area contributed by atoms with Gasteiger partial charge in [0.2, 0.25) is 5.41 Å². The minimum Gasteiger partial charge on any atom is -0.493 e. The molecule has 0 aromatic heterocycles. The average Bonchev–Trinajstić information content (AvgIpc) is 3.01. The Bertz CT molecular complexity index is 1050. The molecule has 2 rings (SSSR count). The van der Waals surface area contributed by atoms with Crippen molar-refractivity contribution in [3.63, 3.8) is 0 Å². The van der Waals surface area contributed by atoms with Gasteiger partial charge in [0.25, 0.3) is 0 Å². The van der Waals surface area contributed by atoms with Crippen LogP contribution in [-0.2, 0) is 32.0 Å². The summed E-state index contributed by atoms with van der Waals surface area (Å²) in [5.74, 6) is -0.115. The monoisotopic (exact) mass is 688 g/mol. The quantitative estimate of drug-likeness (QED) is 0.124. The molecule has 256 valence electrons. The zero-order chi connectivity index (χ0) is 34.1. The lowest BCUT2D eigenvalue weighted by molar-refractivity contribution is -0.288. The van der Waals surface area contributed by atoms with Crippen LogP contribution in [0.2, 0.25) is 12.1 Å². The molecule has 0 aliphatic carbocycles. The van der Waals surface area contributed by atoms with Crippen molar-refractivity contribution in [1.29, 1.82) is 0 Å². The molecule has 0 aliphatic heterocycles. The third-order valence-corrected chi connectivity index (χ3v) is 13.7. The Labute approximate surface area is 262 Å². The van der Waals surface area contributed by atoms with Gasteiger partial charge in [-0.25, -0.2) is 0 Å². The third-order valence-electron chi connectivity index (χ3n) is 7.56. The first-order valence-electron chi connectivity index (χ1n) is 13.9. The first-order chi connectivity index (χ1) is 21.0. The SMILES string of the molecule is CO[Si](CC(C)COc1ccc(C(c2ccc(OCC(C)C[Si](OC)(OC)OC)cc2)(C(F)(F)F)C(F)(F)F)cc1)(OC)OC. The number of halogens is 6. The summed E-state index contributed by atoms with van der Waals surface area (Å²) in [6.07, 6.45) is -11.5. The summed E-state index contributed by atoms with van der Waals surface area (Å²) in [6, 6.07) is 8.24. The van der Waals surface area contributed by atoms with Gasteiger partial charge in [-0.1, -0.05) is 38.1 Å². The minimum atomic E-state index is -5.73. The second kappa shape index (κ2) is 16.1. The molecule has 0 saturated carbocycles. The fourth-order valence-corrected chi connectivity index (χ4v) is 8.98. The second-order valence-corrected chi connectivity index (χ2v) is 16.6. The maximum atomic E-state index is 14.6. The molecule has 0 N–H and O–H groups in total. The van der Waals surface area contributed by atoms with Gasteiger partial charge >= 0.3 is 30.0 Å². The summed E-state index contributed by atoms with van der Waals surface area (Å²) in [6.45, 7) is 3.85. The normalized spacial score (nSPS) is 14.7. The summed E-state index contributed by atoms with van der Waals surface area (Å²) in [4.78, 5) is 0. The topological polar surface area (TPSA) is 73.8 Å². The maximum absolute atomic E-state index is 14.6. The van der Waals surface area contributed by atoms with Crippen LogP contribution in [0.4, 0.5) is 26.3 Å². The van der Waals surface area contributed by atoms with E-state index < -0.39 is 46.5 Å². The molecular weight excluding hydrogens is 646 g/mol. The molecule has 16 heteroatoms. The number of hydrogen-bond donors (Lipinski definition) is 0. The zero-order valence-electron chi connectivity index (χ0n) is 26.6. The molecule has 0 amide bonds. The van der Waals surface area contributed by atoms with Crippen LogP contribution in [0.1, 0.15) is 25.0 Å². The number of alkyl halides is 6. The summed E-state index contributed by atoms with van der Waals surface area (Å²) >= 11 is 0. The number of hydrogen-bond acceptors (Lipinski definition) is 8. The standard InChI is InChI=1S/C29H42F6O8Si2/c1-21(19-44(36-3,37-4)38-5)17-42-25-13-9-23(10-14-25)27(28(30,31)32,29(33,34)35)24-11-15-26(16-12-24)43-18-22(2)20-45(39-6,40-7)41-8/h9-16,21-22H,17-20H2,1-8H3. The van der Waals surface area contributed by atoms with E-state index in [2.05, 4.69) is 0 Å². The van der Waals surface area contributed by atoms with Crippen molar-refractivity contribution in [1.82, 2.24) is 0 Å². The maximum Gasteiger partial charge on any atom is 0.500 e. The van der Waals surface area contributed by atoms with Crippen LogP contribution in [0.15, 0.2) is 48.5 Å². The largest absolute Gasteiger partial charge is 0.500 e. The summed E-state index contributed by atoms with van der Waals surface area (Å²) in [5.41, 5.74) is -6.32. The summed E-state index contributed by atoms with van der Waals surface area (Å²) in [7, 11) is 2.92. The third kappa shape index (κ3) is 9.00. The minimum absolute atomic E-state index is 0.0967. The van der Waals surface area contributed by atoms with Crippen molar-refractivity contribution in [2.45, 2.75) is 43.7 Å². The van der Waals surface area contributed by atoms with Crippen molar-refractivity contribution in [3.05, 3.63) is 59.7 Å². The molecule has 0 fully saturated rings. The molecular formula is C29H42F6O8Si2. The predicted molar refractivity (Wildman–Crippen MR) is 158 cm³/mol.